The van der Waals surface area contributed by atoms with Crippen LogP contribution in [0.15, 0.2) is 24.3 Å². The average Bonchev–Trinajstić information content (AvgIpc) is 2.96. The van der Waals surface area contributed by atoms with E-state index in [2.05, 4.69) is 41.4 Å². The Labute approximate surface area is 133 Å². The van der Waals surface area contributed by atoms with Gasteiger partial charge in [-0.2, -0.15) is 0 Å². The Morgan fingerprint density at radius 3 is 2.91 bits per heavy atom. The number of amides is 2. The Bertz CT molecular complexity index is 517. The Hall–Kier alpha value is -1.55. The van der Waals surface area contributed by atoms with Crippen LogP contribution in [0.3, 0.4) is 0 Å². The molecule has 1 aromatic carbocycles. The highest BCUT2D eigenvalue weighted by Gasteiger charge is 2.30. The predicted molar refractivity (Wildman–Crippen MR) is 89.1 cm³/mol. The zero-order valence-corrected chi connectivity index (χ0v) is 13.6. The number of aryl methyl sites for hydroxylation is 2. The monoisotopic (exact) mass is 301 g/mol. The zero-order chi connectivity index (χ0) is 15.4. The van der Waals surface area contributed by atoms with Crippen LogP contribution in [0, 0.1) is 6.92 Å². The van der Waals surface area contributed by atoms with Crippen molar-refractivity contribution in [3.05, 3.63) is 35.4 Å². The molecule has 120 valence electrons. The molecule has 22 heavy (non-hydrogen) atoms. The van der Waals surface area contributed by atoms with Gasteiger partial charge in [-0.1, -0.05) is 24.3 Å². The van der Waals surface area contributed by atoms with Crippen molar-refractivity contribution in [3.8, 4) is 0 Å². The number of piperidine rings is 1. The van der Waals surface area contributed by atoms with Gasteiger partial charge in [0.05, 0.1) is 0 Å². The molecule has 0 unspecified atom stereocenters. The molecule has 3 rings (SSSR count). The van der Waals surface area contributed by atoms with Crippen LogP contribution in [0.4, 0.5) is 4.79 Å². The third kappa shape index (κ3) is 3.61. The minimum absolute atomic E-state index is 0.131. The summed E-state index contributed by atoms with van der Waals surface area (Å²) >= 11 is 0. The van der Waals surface area contributed by atoms with Crippen LogP contribution >= 0.6 is 0 Å². The number of nitrogens with zero attached hydrogens (tertiary/aromatic N) is 2. The van der Waals surface area contributed by atoms with E-state index in [1.807, 2.05) is 4.90 Å². The van der Waals surface area contributed by atoms with Gasteiger partial charge >= 0.3 is 6.03 Å². The summed E-state index contributed by atoms with van der Waals surface area (Å²) in [5, 5.41) is 2.92. The lowest BCUT2D eigenvalue weighted by Gasteiger charge is -2.37. The summed E-state index contributed by atoms with van der Waals surface area (Å²) in [6, 6.07) is 9.21. The summed E-state index contributed by atoms with van der Waals surface area (Å²) in [6.07, 6.45) is 4.71. The first-order valence-electron chi connectivity index (χ1n) is 8.55. The van der Waals surface area contributed by atoms with Gasteiger partial charge in [0.15, 0.2) is 0 Å². The number of likely N-dealkylation sites (tertiary alicyclic amines) is 1. The third-order valence-corrected chi connectivity index (χ3v) is 4.99. The predicted octanol–water partition coefficient (Wildman–Crippen LogP) is 2.42. The maximum Gasteiger partial charge on any atom is 0.317 e. The highest BCUT2D eigenvalue weighted by Crippen LogP contribution is 2.18. The zero-order valence-electron chi connectivity index (χ0n) is 13.6. The summed E-state index contributed by atoms with van der Waals surface area (Å²) in [7, 11) is 0. The first kappa shape index (κ1) is 15.3. The Morgan fingerprint density at radius 1 is 1.27 bits per heavy atom. The van der Waals surface area contributed by atoms with Gasteiger partial charge in [-0.15, -0.1) is 0 Å². The van der Waals surface area contributed by atoms with Crippen molar-refractivity contribution in [1.29, 1.82) is 0 Å². The maximum absolute atomic E-state index is 11.8. The fraction of sp³-hybridized carbons (Fsp3) is 0.611. The number of urea groups is 1. The number of benzene rings is 1. The molecule has 0 spiro atoms. The summed E-state index contributed by atoms with van der Waals surface area (Å²) in [6.45, 7) is 7.24. The van der Waals surface area contributed by atoms with Crippen LogP contribution in [-0.2, 0) is 6.42 Å². The maximum atomic E-state index is 11.8. The van der Waals surface area contributed by atoms with Crippen molar-refractivity contribution in [2.45, 2.75) is 38.6 Å². The van der Waals surface area contributed by atoms with E-state index < -0.39 is 0 Å². The van der Waals surface area contributed by atoms with Crippen molar-refractivity contribution in [2.24, 2.45) is 0 Å². The van der Waals surface area contributed by atoms with Crippen LogP contribution in [-0.4, -0.2) is 54.6 Å². The summed E-state index contributed by atoms with van der Waals surface area (Å²) in [5.41, 5.74) is 2.86. The van der Waals surface area contributed by atoms with Gasteiger partial charge in [-0.25, -0.2) is 4.79 Å². The van der Waals surface area contributed by atoms with Crippen LogP contribution < -0.4 is 5.32 Å². The molecule has 4 nitrogen and oxygen atoms in total. The van der Waals surface area contributed by atoms with E-state index in [0.29, 0.717) is 6.04 Å². The molecule has 1 atom stereocenters. The van der Waals surface area contributed by atoms with E-state index in [9.17, 15) is 4.79 Å². The number of rotatable bonds is 5. The summed E-state index contributed by atoms with van der Waals surface area (Å²) < 4.78 is 0. The first-order valence-corrected chi connectivity index (χ1v) is 8.55. The van der Waals surface area contributed by atoms with E-state index in [-0.39, 0.29) is 6.03 Å². The number of carbonyl (C=O) groups excluding carboxylic acids is 1. The molecular formula is C18H27N3O. The van der Waals surface area contributed by atoms with E-state index in [4.69, 9.17) is 0 Å². The largest absolute Gasteiger partial charge is 0.336 e. The van der Waals surface area contributed by atoms with Gasteiger partial charge in [0, 0.05) is 25.7 Å². The summed E-state index contributed by atoms with van der Waals surface area (Å²) in [4.78, 5) is 16.4. The van der Waals surface area contributed by atoms with Gasteiger partial charge < -0.3 is 15.1 Å². The first-order chi connectivity index (χ1) is 10.7. The highest BCUT2D eigenvalue weighted by molar-refractivity contribution is 5.76. The molecule has 0 radical (unpaired) electrons. The molecule has 2 fully saturated rings. The van der Waals surface area contributed by atoms with Crippen molar-refractivity contribution >= 4 is 6.03 Å². The third-order valence-electron chi connectivity index (χ3n) is 4.99. The summed E-state index contributed by atoms with van der Waals surface area (Å²) in [5.74, 6) is 0. The molecule has 0 aliphatic carbocycles. The van der Waals surface area contributed by atoms with Crippen LogP contribution in [0.2, 0.25) is 0 Å². The minimum atomic E-state index is 0.131. The van der Waals surface area contributed by atoms with E-state index >= 15 is 0 Å². The topological polar surface area (TPSA) is 35.6 Å². The van der Waals surface area contributed by atoms with Gasteiger partial charge in [0.25, 0.3) is 0 Å². The Balaban J connectivity index is 1.46. The molecule has 1 N–H and O–H groups in total. The second-order valence-corrected chi connectivity index (χ2v) is 6.55. The lowest BCUT2D eigenvalue weighted by atomic mass is 10.0. The second-order valence-electron chi connectivity index (χ2n) is 6.55. The smallest absolute Gasteiger partial charge is 0.317 e. The van der Waals surface area contributed by atoms with Gasteiger partial charge in [-0.05, 0) is 56.8 Å². The van der Waals surface area contributed by atoms with Gasteiger partial charge in [0.2, 0.25) is 0 Å². The normalized spacial score (nSPS) is 22.9. The van der Waals surface area contributed by atoms with Gasteiger partial charge in [0.1, 0.15) is 0 Å². The molecule has 2 aliphatic rings. The van der Waals surface area contributed by atoms with Crippen molar-refractivity contribution in [2.75, 3.05) is 32.7 Å². The standard InChI is InChI=1S/C18H27N3O/c1-15-6-2-3-7-16(15)8-4-11-20-12-5-9-17(14-20)21-13-10-19-18(21)22/h2-3,6-7,17H,4-5,8-14H2,1H3,(H,19,22)/t17-/m1/s1. The quantitative estimate of drug-likeness (QED) is 0.906. The molecule has 4 heteroatoms. The molecule has 0 aromatic heterocycles. The highest BCUT2D eigenvalue weighted by atomic mass is 16.2. The number of hydrogen-bond donors (Lipinski definition) is 1. The molecule has 0 saturated carbocycles. The second kappa shape index (κ2) is 7.14. The number of hydrogen-bond acceptors (Lipinski definition) is 2. The molecule has 1 aromatic rings. The molecule has 2 saturated heterocycles. The molecule has 2 amide bonds. The number of nitrogens with one attached hydrogen (secondary N) is 1. The lowest BCUT2D eigenvalue weighted by molar-refractivity contribution is 0.125. The van der Waals surface area contributed by atoms with E-state index in [1.165, 1.54) is 30.5 Å². The van der Waals surface area contributed by atoms with Crippen molar-refractivity contribution in [3.63, 3.8) is 0 Å². The van der Waals surface area contributed by atoms with Crippen molar-refractivity contribution in [1.82, 2.24) is 15.1 Å². The number of carbonyl (C=O) groups is 1. The van der Waals surface area contributed by atoms with Gasteiger partial charge in [-0.3, -0.25) is 0 Å². The lowest BCUT2D eigenvalue weighted by Crippen LogP contribution is -2.49. The molecule has 2 aliphatic heterocycles. The van der Waals surface area contributed by atoms with Crippen LogP contribution in [0.5, 0.6) is 0 Å². The van der Waals surface area contributed by atoms with E-state index in [1.54, 1.807) is 0 Å². The Kier molecular flexibility index (Phi) is 4.98. The minimum Gasteiger partial charge on any atom is -0.336 e. The Morgan fingerprint density at radius 2 is 2.14 bits per heavy atom. The SMILES string of the molecule is Cc1ccccc1CCCN1CCC[C@@H](N2CCNC2=O)C1. The molecular weight excluding hydrogens is 274 g/mol. The van der Waals surface area contributed by atoms with Crippen LogP contribution in [0.1, 0.15) is 30.4 Å². The average molecular weight is 301 g/mol. The molecule has 2 heterocycles. The fourth-order valence-electron chi connectivity index (χ4n) is 3.71. The molecule has 0 bridgehead atoms. The van der Waals surface area contributed by atoms with Crippen molar-refractivity contribution < 1.29 is 4.79 Å². The van der Waals surface area contributed by atoms with Crippen LogP contribution in [0.25, 0.3) is 0 Å². The van der Waals surface area contributed by atoms with E-state index in [0.717, 1.165) is 39.0 Å². The fourth-order valence-corrected chi connectivity index (χ4v) is 3.71.